The third-order valence-electron chi connectivity index (χ3n) is 5.54. The van der Waals surface area contributed by atoms with Gasteiger partial charge in [-0.1, -0.05) is 6.07 Å². The highest BCUT2D eigenvalue weighted by Gasteiger charge is 2.42. The number of carbonyl (C=O) groups is 2. The Morgan fingerprint density at radius 2 is 1.58 bits per heavy atom. The Balaban J connectivity index is 0.000000271. The van der Waals surface area contributed by atoms with E-state index in [2.05, 4.69) is 45.0 Å². The van der Waals surface area contributed by atoms with Crippen LogP contribution in [-0.2, 0) is 27.4 Å². The van der Waals surface area contributed by atoms with Gasteiger partial charge in [0, 0.05) is 56.4 Å². The van der Waals surface area contributed by atoms with Gasteiger partial charge in [0.15, 0.2) is 0 Å². The fraction of sp³-hybridized carbons (Fsp3) is 0.500. The molecule has 1 saturated heterocycles. The molecule has 0 bridgehead atoms. The maximum atomic E-state index is 10.6. The number of hydrogen-bond acceptors (Lipinski definition) is 5. The van der Waals surface area contributed by atoms with E-state index in [1.54, 1.807) is 0 Å². The largest absolute Gasteiger partial charge is 0.490 e. The molecule has 1 unspecified atom stereocenters. The summed E-state index contributed by atoms with van der Waals surface area (Å²) in [5.74, 6) is -4.88. The Morgan fingerprint density at radius 3 is 2.08 bits per heavy atom. The fourth-order valence-corrected chi connectivity index (χ4v) is 4.02. The number of carboxylic acid groups (broad SMARTS) is 2. The standard InChI is InChI=1S/C18H23N3O.2C2HF3O2/c1-2-9-20(8-1)14-16-5-6-17-18(16)22-11-10-21(17)13-15-4-3-7-19-12-15;2*3-2(4,5)1(6)7/h1-4,7-9,12,16-18H,5-6,10-11,13-14H2;2*(H,6,7)/t16?,17-,18-;;/m0../s1. The van der Waals surface area contributed by atoms with Gasteiger partial charge in [-0.15, -0.1) is 0 Å². The van der Waals surface area contributed by atoms with E-state index in [4.69, 9.17) is 24.5 Å². The number of hydrogen-bond donors (Lipinski definition) is 2. The predicted octanol–water partition coefficient (Wildman–Crippen LogP) is 3.83. The Bertz CT molecular complexity index is 929. The van der Waals surface area contributed by atoms with Crippen LogP contribution in [0.3, 0.4) is 0 Å². The monoisotopic (exact) mass is 525 g/mol. The first-order valence-corrected chi connectivity index (χ1v) is 10.7. The van der Waals surface area contributed by atoms with Crippen LogP contribution in [0.2, 0.25) is 0 Å². The summed E-state index contributed by atoms with van der Waals surface area (Å²) in [6.45, 7) is 3.96. The summed E-state index contributed by atoms with van der Waals surface area (Å²) >= 11 is 0. The number of carboxylic acids is 2. The molecule has 3 heterocycles. The number of aliphatic carboxylic acids is 2. The molecule has 4 rings (SSSR count). The predicted molar refractivity (Wildman–Crippen MR) is 113 cm³/mol. The number of ether oxygens (including phenoxy) is 1. The van der Waals surface area contributed by atoms with Crippen molar-refractivity contribution in [2.24, 2.45) is 5.92 Å². The van der Waals surface area contributed by atoms with E-state index in [1.807, 2.05) is 18.5 Å². The first kappa shape index (κ1) is 29.1. The van der Waals surface area contributed by atoms with Gasteiger partial charge in [0.2, 0.25) is 0 Å². The van der Waals surface area contributed by atoms with E-state index >= 15 is 0 Å². The summed E-state index contributed by atoms with van der Waals surface area (Å²) < 4.78 is 71.9. The minimum atomic E-state index is -5.08. The lowest BCUT2D eigenvalue weighted by Gasteiger charge is -2.39. The van der Waals surface area contributed by atoms with Crippen molar-refractivity contribution >= 4 is 11.9 Å². The van der Waals surface area contributed by atoms with Crippen molar-refractivity contribution in [1.29, 1.82) is 0 Å². The second-order valence-electron chi connectivity index (χ2n) is 8.06. The maximum Gasteiger partial charge on any atom is 0.490 e. The Morgan fingerprint density at radius 1 is 1.00 bits per heavy atom. The molecule has 2 aliphatic rings. The van der Waals surface area contributed by atoms with Gasteiger partial charge in [0.25, 0.3) is 0 Å². The van der Waals surface area contributed by atoms with Gasteiger partial charge in [-0.25, -0.2) is 9.59 Å². The van der Waals surface area contributed by atoms with Gasteiger partial charge in [-0.05, 0) is 36.6 Å². The number of fused-ring (bicyclic) bond motifs is 1. The second-order valence-corrected chi connectivity index (χ2v) is 8.06. The van der Waals surface area contributed by atoms with Crippen molar-refractivity contribution in [3.8, 4) is 0 Å². The molecule has 8 nitrogen and oxygen atoms in total. The molecule has 200 valence electrons. The van der Waals surface area contributed by atoms with E-state index < -0.39 is 24.3 Å². The van der Waals surface area contributed by atoms with Crippen molar-refractivity contribution in [3.63, 3.8) is 0 Å². The van der Waals surface area contributed by atoms with Gasteiger partial charge < -0.3 is 19.5 Å². The van der Waals surface area contributed by atoms with E-state index in [0.29, 0.717) is 18.1 Å². The molecule has 1 saturated carbocycles. The van der Waals surface area contributed by atoms with Gasteiger partial charge >= 0.3 is 24.3 Å². The number of halogens is 6. The Labute approximate surface area is 202 Å². The zero-order valence-corrected chi connectivity index (χ0v) is 18.8. The van der Waals surface area contributed by atoms with Crippen LogP contribution >= 0.6 is 0 Å². The summed E-state index contributed by atoms with van der Waals surface area (Å²) in [7, 11) is 0. The zero-order chi connectivity index (χ0) is 26.9. The molecule has 1 aliphatic heterocycles. The Kier molecular flexibility index (Phi) is 10.3. The van der Waals surface area contributed by atoms with Gasteiger partial charge in [-0.2, -0.15) is 26.3 Å². The lowest BCUT2D eigenvalue weighted by Crippen LogP contribution is -2.50. The van der Waals surface area contributed by atoms with Crippen LogP contribution in [0.5, 0.6) is 0 Å². The molecule has 0 radical (unpaired) electrons. The fourth-order valence-electron chi connectivity index (χ4n) is 4.02. The first-order chi connectivity index (χ1) is 16.8. The lowest BCUT2D eigenvalue weighted by molar-refractivity contribution is -0.193. The van der Waals surface area contributed by atoms with Crippen LogP contribution in [0.25, 0.3) is 0 Å². The summed E-state index contributed by atoms with van der Waals surface area (Å²) in [6, 6.07) is 8.96. The number of pyridine rings is 1. The molecule has 1 aliphatic carbocycles. The summed E-state index contributed by atoms with van der Waals surface area (Å²) in [5.41, 5.74) is 1.30. The van der Waals surface area contributed by atoms with Gasteiger partial charge in [0.1, 0.15) is 0 Å². The van der Waals surface area contributed by atoms with Crippen molar-refractivity contribution in [3.05, 3.63) is 54.6 Å². The van der Waals surface area contributed by atoms with Crippen LogP contribution < -0.4 is 0 Å². The highest BCUT2D eigenvalue weighted by molar-refractivity contribution is 5.73. The average molecular weight is 525 g/mol. The lowest BCUT2D eigenvalue weighted by atomic mass is 10.0. The number of aromatic nitrogens is 2. The third-order valence-corrected chi connectivity index (χ3v) is 5.54. The zero-order valence-electron chi connectivity index (χ0n) is 18.8. The summed E-state index contributed by atoms with van der Waals surface area (Å²) in [5, 5.41) is 14.2. The molecule has 3 atom stereocenters. The van der Waals surface area contributed by atoms with E-state index in [-0.39, 0.29) is 0 Å². The van der Waals surface area contributed by atoms with Crippen LogP contribution in [0, 0.1) is 5.92 Å². The Hall–Kier alpha value is -3.13. The van der Waals surface area contributed by atoms with Gasteiger partial charge in [0.05, 0.1) is 12.7 Å². The molecule has 2 aromatic heterocycles. The topological polar surface area (TPSA) is 105 Å². The normalized spacial score (nSPS) is 21.9. The number of alkyl halides is 6. The highest BCUT2D eigenvalue weighted by atomic mass is 19.4. The van der Waals surface area contributed by atoms with E-state index in [1.165, 1.54) is 18.4 Å². The van der Waals surface area contributed by atoms with Crippen LogP contribution in [0.15, 0.2) is 49.1 Å². The van der Waals surface area contributed by atoms with Crippen molar-refractivity contribution in [1.82, 2.24) is 14.5 Å². The third kappa shape index (κ3) is 9.15. The highest BCUT2D eigenvalue weighted by Crippen LogP contribution is 2.36. The first-order valence-electron chi connectivity index (χ1n) is 10.7. The minimum Gasteiger partial charge on any atom is -0.475 e. The molecule has 0 spiro atoms. The van der Waals surface area contributed by atoms with Crippen molar-refractivity contribution in [2.45, 2.75) is 50.4 Å². The van der Waals surface area contributed by atoms with Gasteiger partial charge in [-0.3, -0.25) is 9.88 Å². The van der Waals surface area contributed by atoms with Crippen LogP contribution in [-0.4, -0.2) is 74.3 Å². The number of rotatable bonds is 4. The molecule has 2 N–H and O–H groups in total. The second kappa shape index (κ2) is 12.7. The maximum absolute atomic E-state index is 10.6. The molecule has 14 heteroatoms. The number of morpholine rings is 1. The van der Waals surface area contributed by atoms with Crippen molar-refractivity contribution < 1.29 is 50.9 Å². The molecule has 0 amide bonds. The average Bonchev–Trinajstić information content (AvgIpc) is 3.45. The van der Waals surface area contributed by atoms with Crippen LogP contribution in [0.4, 0.5) is 26.3 Å². The molecular weight excluding hydrogens is 500 g/mol. The molecule has 0 aromatic carbocycles. The van der Waals surface area contributed by atoms with Crippen molar-refractivity contribution in [2.75, 3.05) is 13.2 Å². The smallest absolute Gasteiger partial charge is 0.475 e. The van der Waals surface area contributed by atoms with Crippen LogP contribution in [0.1, 0.15) is 18.4 Å². The number of nitrogens with zero attached hydrogens (tertiary/aromatic N) is 3. The molecule has 2 aromatic rings. The molecule has 36 heavy (non-hydrogen) atoms. The summed E-state index contributed by atoms with van der Waals surface area (Å²) in [6.07, 6.45) is 0.860. The van der Waals surface area contributed by atoms with E-state index in [0.717, 1.165) is 26.2 Å². The SMILES string of the molecule is O=C(O)C(F)(F)F.O=C(O)C(F)(F)F.c1cncc(CN2CCO[C@H]3C(Cn4cccc4)CC[C@@H]32)c1. The van der Waals surface area contributed by atoms with E-state index in [9.17, 15) is 26.3 Å². The minimum absolute atomic E-state index is 0.382. The molecule has 2 fully saturated rings. The quantitative estimate of drug-likeness (QED) is 0.585. The molecular formula is C22H25F6N3O5. The summed E-state index contributed by atoms with van der Waals surface area (Å²) in [4.78, 5) is 24.6.